The molecule has 0 saturated carbocycles. The fraction of sp³-hybridized carbons (Fsp3) is 0.878. The zero-order valence-corrected chi connectivity index (χ0v) is 32.2. The molecule has 10 heteroatoms. The fourth-order valence-electron chi connectivity index (χ4n) is 6.38. The van der Waals surface area contributed by atoms with Gasteiger partial charge >= 0.3 is 0 Å². The van der Waals surface area contributed by atoms with E-state index >= 15 is 0 Å². The first-order valence-corrected chi connectivity index (χ1v) is 20.7. The van der Waals surface area contributed by atoms with Crippen LogP contribution >= 0.6 is 0 Å². The van der Waals surface area contributed by atoms with Gasteiger partial charge in [-0.25, -0.2) is 0 Å². The van der Waals surface area contributed by atoms with Gasteiger partial charge in [0.1, 0.15) is 30.5 Å². The summed E-state index contributed by atoms with van der Waals surface area (Å²) < 4.78 is 11.1. The molecule has 0 aromatic carbocycles. The number of carbonyl (C=O) groups is 1. The number of ether oxygens (including phenoxy) is 2. The van der Waals surface area contributed by atoms with Crippen LogP contribution < -0.4 is 5.32 Å². The van der Waals surface area contributed by atoms with E-state index in [1.165, 1.54) is 89.9 Å². The van der Waals surface area contributed by atoms with Crippen molar-refractivity contribution in [1.29, 1.82) is 0 Å². The maximum absolute atomic E-state index is 12.9. The van der Waals surface area contributed by atoms with Crippen molar-refractivity contribution in [3.05, 3.63) is 24.3 Å². The van der Waals surface area contributed by atoms with E-state index in [0.717, 1.165) is 51.4 Å². The SMILES string of the molecule is CCCC/C=C\CCCCCCC(O)C(=O)NC(COC1OC(CO)C(O)C(O)C1O)C(O)/C=C/CCCCCCCCCCCCCCCC. The van der Waals surface area contributed by atoms with Crippen molar-refractivity contribution >= 4 is 5.91 Å². The van der Waals surface area contributed by atoms with E-state index in [2.05, 4.69) is 31.3 Å². The third-order valence-electron chi connectivity index (χ3n) is 9.88. The third kappa shape index (κ3) is 23.1. The van der Waals surface area contributed by atoms with Gasteiger partial charge in [0.05, 0.1) is 25.4 Å². The summed E-state index contributed by atoms with van der Waals surface area (Å²) in [5, 5.41) is 64.3. The summed E-state index contributed by atoms with van der Waals surface area (Å²) in [6.07, 6.45) is 25.6. The molecule has 8 unspecified atom stereocenters. The number of carbonyl (C=O) groups excluding carboxylic acids is 1. The van der Waals surface area contributed by atoms with Gasteiger partial charge in [-0.1, -0.05) is 154 Å². The van der Waals surface area contributed by atoms with Crippen molar-refractivity contribution in [2.24, 2.45) is 0 Å². The Bertz CT molecular complexity index is 870. The number of hydrogen-bond donors (Lipinski definition) is 7. The monoisotopic (exact) mass is 728 g/mol. The molecule has 1 amide bonds. The average Bonchev–Trinajstić information content (AvgIpc) is 3.13. The van der Waals surface area contributed by atoms with E-state index < -0.39 is 61.5 Å². The van der Waals surface area contributed by atoms with Crippen LogP contribution in [0.5, 0.6) is 0 Å². The summed E-state index contributed by atoms with van der Waals surface area (Å²) in [6.45, 7) is 3.53. The van der Waals surface area contributed by atoms with Crippen LogP contribution in [-0.2, 0) is 14.3 Å². The minimum atomic E-state index is -1.61. The lowest BCUT2D eigenvalue weighted by atomic mass is 9.99. The second-order valence-corrected chi connectivity index (χ2v) is 14.6. The molecule has 0 aromatic rings. The minimum Gasteiger partial charge on any atom is -0.394 e. The zero-order valence-electron chi connectivity index (χ0n) is 32.2. The highest BCUT2D eigenvalue weighted by molar-refractivity contribution is 5.80. The smallest absolute Gasteiger partial charge is 0.249 e. The van der Waals surface area contributed by atoms with Crippen LogP contribution in [0.25, 0.3) is 0 Å². The first-order chi connectivity index (χ1) is 24.8. The van der Waals surface area contributed by atoms with Crippen molar-refractivity contribution in [3.8, 4) is 0 Å². The summed E-state index contributed by atoms with van der Waals surface area (Å²) in [7, 11) is 0. The van der Waals surface area contributed by atoms with E-state index in [9.17, 15) is 35.4 Å². The quantitative estimate of drug-likeness (QED) is 0.0294. The Labute approximate surface area is 310 Å². The molecular formula is C41H77NO9. The molecule has 300 valence electrons. The zero-order chi connectivity index (χ0) is 37.5. The van der Waals surface area contributed by atoms with Crippen molar-refractivity contribution in [3.63, 3.8) is 0 Å². The van der Waals surface area contributed by atoms with Crippen LogP contribution in [0.15, 0.2) is 24.3 Å². The predicted octanol–water partition coefficient (Wildman–Crippen LogP) is 6.52. The van der Waals surface area contributed by atoms with Gasteiger partial charge in [-0.3, -0.25) is 4.79 Å². The molecule has 1 saturated heterocycles. The topological polar surface area (TPSA) is 169 Å². The Balaban J connectivity index is 2.49. The highest BCUT2D eigenvalue weighted by Crippen LogP contribution is 2.22. The summed E-state index contributed by atoms with van der Waals surface area (Å²) >= 11 is 0. The average molecular weight is 728 g/mol. The molecule has 1 fully saturated rings. The maximum atomic E-state index is 12.9. The van der Waals surface area contributed by atoms with Crippen LogP contribution in [0.2, 0.25) is 0 Å². The number of unbranched alkanes of at least 4 members (excludes halogenated alkanes) is 20. The van der Waals surface area contributed by atoms with Gasteiger partial charge in [-0.2, -0.15) is 0 Å². The molecule has 1 aliphatic heterocycles. The van der Waals surface area contributed by atoms with E-state index in [-0.39, 0.29) is 6.61 Å². The molecule has 1 heterocycles. The number of aliphatic hydroxyl groups excluding tert-OH is 6. The van der Waals surface area contributed by atoms with E-state index in [0.29, 0.717) is 12.8 Å². The molecule has 1 aliphatic rings. The Morgan fingerprint density at radius 1 is 0.667 bits per heavy atom. The van der Waals surface area contributed by atoms with Crippen LogP contribution in [0.3, 0.4) is 0 Å². The van der Waals surface area contributed by atoms with Gasteiger partial charge in [0, 0.05) is 0 Å². The first-order valence-electron chi connectivity index (χ1n) is 20.7. The standard InChI is InChI=1S/C41H77NO9/c1-3-5-7-9-11-13-15-16-17-18-19-20-22-23-25-27-29-34(44)33(32-50-41-39(48)38(47)37(46)36(31-43)51-41)42-40(49)35(45)30-28-26-24-21-14-12-10-8-6-4-2/h10,12,27,29,33-39,41,43-48H,3-9,11,13-26,28,30-32H2,1-2H3,(H,42,49)/b12-10-,29-27+. The van der Waals surface area contributed by atoms with Gasteiger partial charge in [-0.15, -0.1) is 0 Å². The second kappa shape index (κ2) is 32.1. The number of amides is 1. The molecule has 51 heavy (non-hydrogen) atoms. The fourth-order valence-corrected chi connectivity index (χ4v) is 6.38. The Morgan fingerprint density at radius 3 is 1.71 bits per heavy atom. The molecule has 0 aromatic heterocycles. The van der Waals surface area contributed by atoms with Gasteiger partial charge in [0.15, 0.2) is 6.29 Å². The molecule has 7 N–H and O–H groups in total. The van der Waals surface area contributed by atoms with E-state index in [1.807, 2.05) is 6.08 Å². The lowest BCUT2D eigenvalue weighted by molar-refractivity contribution is -0.302. The van der Waals surface area contributed by atoms with E-state index in [4.69, 9.17) is 9.47 Å². The van der Waals surface area contributed by atoms with Crippen LogP contribution in [0.4, 0.5) is 0 Å². The van der Waals surface area contributed by atoms with Crippen molar-refractivity contribution in [2.75, 3.05) is 13.2 Å². The van der Waals surface area contributed by atoms with Crippen LogP contribution in [0, 0.1) is 0 Å². The Hall–Kier alpha value is -1.37. The molecule has 1 rings (SSSR count). The number of allylic oxidation sites excluding steroid dienone is 3. The molecule has 8 atom stereocenters. The molecule has 0 radical (unpaired) electrons. The predicted molar refractivity (Wildman–Crippen MR) is 204 cm³/mol. The largest absolute Gasteiger partial charge is 0.394 e. The summed E-state index contributed by atoms with van der Waals surface area (Å²) in [4.78, 5) is 12.9. The molecular weight excluding hydrogens is 650 g/mol. The molecule has 0 spiro atoms. The number of aliphatic hydroxyl groups is 6. The second-order valence-electron chi connectivity index (χ2n) is 14.6. The Kier molecular flexibility index (Phi) is 30.0. The van der Waals surface area contributed by atoms with Crippen molar-refractivity contribution in [2.45, 2.75) is 217 Å². The van der Waals surface area contributed by atoms with Crippen LogP contribution in [-0.4, -0.2) is 98.7 Å². The van der Waals surface area contributed by atoms with Gasteiger partial charge in [-0.05, 0) is 38.5 Å². The highest BCUT2D eigenvalue weighted by Gasteiger charge is 2.44. The van der Waals surface area contributed by atoms with E-state index in [1.54, 1.807) is 6.08 Å². The third-order valence-corrected chi connectivity index (χ3v) is 9.88. The molecule has 10 nitrogen and oxygen atoms in total. The Morgan fingerprint density at radius 2 is 1.16 bits per heavy atom. The summed E-state index contributed by atoms with van der Waals surface area (Å²) in [5.41, 5.74) is 0. The van der Waals surface area contributed by atoms with Crippen molar-refractivity contribution < 1.29 is 44.9 Å². The number of rotatable bonds is 33. The normalized spacial score (nSPS) is 22.9. The summed E-state index contributed by atoms with van der Waals surface area (Å²) in [5.74, 6) is -0.629. The van der Waals surface area contributed by atoms with Crippen molar-refractivity contribution in [1.82, 2.24) is 5.32 Å². The van der Waals surface area contributed by atoms with Crippen LogP contribution in [0.1, 0.15) is 168 Å². The number of hydrogen-bond acceptors (Lipinski definition) is 9. The first kappa shape index (κ1) is 47.7. The van der Waals surface area contributed by atoms with Gasteiger partial charge < -0.3 is 45.4 Å². The lowest BCUT2D eigenvalue weighted by Gasteiger charge is -2.40. The lowest BCUT2D eigenvalue weighted by Crippen LogP contribution is -2.60. The highest BCUT2D eigenvalue weighted by atomic mass is 16.7. The minimum absolute atomic E-state index is 0.295. The number of nitrogens with one attached hydrogen (secondary N) is 1. The molecule has 0 aliphatic carbocycles. The molecule has 0 bridgehead atoms. The van der Waals surface area contributed by atoms with Gasteiger partial charge in [0.2, 0.25) is 5.91 Å². The summed E-state index contributed by atoms with van der Waals surface area (Å²) in [6, 6.07) is -0.980. The maximum Gasteiger partial charge on any atom is 0.249 e. The van der Waals surface area contributed by atoms with Gasteiger partial charge in [0.25, 0.3) is 0 Å².